The highest BCUT2D eigenvalue weighted by molar-refractivity contribution is 7.92. The van der Waals surface area contributed by atoms with Crippen molar-refractivity contribution in [2.24, 2.45) is 5.92 Å². The maximum atomic E-state index is 14.6. The van der Waals surface area contributed by atoms with E-state index in [1.54, 1.807) is 0 Å². The van der Waals surface area contributed by atoms with Gasteiger partial charge in [0.2, 0.25) is 0 Å². The van der Waals surface area contributed by atoms with E-state index in [4.69, 9.17) is 0 Å². The monoisotopic (exact) mass is 606 g/mol. The molecule has 1 saturated carbocycles. The lowest BCUT2D eigenvalue weighted by molar-refractivity contribution is -0.348. The van der Waals surface area contributed by atoms with Crippen LogP contribution in [0.3, 0.4) is 0 Å². The molecule has 14 heteroatoms. The van der Waals surface area contributed by atoms with Gasteiger partial charge in [0.05, 0.1) is 4.90 Å². The molecule has 0 unspecified atom stereocenters. The first-order chi connectivity index (χ1) is 19.0. The second-order valence-corrected chi connectivity index (χ2v) is 12.1. The van der Waals surface area contributed by atoms with E-state index in [0.717, 1.165) is 36.4 Å². The summed E-state index contributed by atoms with van der Waals surface area (Å²) in [7, 11) is -4.41. The zero-order valence-electron chi connectivity index (χ0n) is 21.0. The van der Waals surface area contributed by atoms with Crippen molar-refractivity contribution in [1.82, 2.24) is 10.2 Å². The van der Waals surface area contributed by atoms with Gasteiger partial charge in [-0.3, -0.25) is 4.79 Å². The zero-order chi connectivity index (χ0) is 30.3. The number of alkyl halides is 7. The molecule has 0 amide bonds. The normalized spacial score (nSPS) is 20.5. The Morgan fingerprint density at radius 2 is 1.41 bits per heavy atom. The van der Waals surface area contributed by atoms with E-state index in [2.05, 4.69) is 10.2 Å². The van der Waals surface area contributed by atoms with Crippen LogP contribution in [0.1, 0.15) is 53.7 Å². The second-order valence-electron chi connectivity index (χ2n) is 9.86. The van der Waals surface area contributed by atoms with Crippen LogP contribution in [0.5, 0.6) is 0 Å². The summed E-state index contributed by atoms with van der Waals surface area (Å²) in [5.41, 5.74) is -7.47. The molecule has 3 aromatic rings. The third kappa shape index (κ3) is 5.45. The van der Waals surface area contributed by atoms with Gasteiger partial charge in [0.1, 0.15) is 16.3 Å². The first-order valence-corrected chi connectivity index (χ1v) is 13.8. The van der Waals surface area contributed by atoms with Crippen molar-refractivity contribution in [3.63, 3.8) is 0 Å². The lowest BCUT2D eigenvalue weighted by Crippen LogP contribution is -2.50. The summed E-state index contributed by atoms with van der Waals surface area (Å²) in [4.78, 5) is 12.3. The van der Waals surface area contributed by atoms with Crippen LogP contribution in [-0.2, 0) is 20.3 Å². The van der Waals surface area contributed by atoms with Gasteiger partial charge in [-0.15, -0.1) is 5.10 Å². The van der Waals surface area contributed by atoms with Crippen LogP contribution in [0.15, 0.2) is 71.8 Å². The maximum Gasteiger partial charge on any atom is 0.435 e. The number of hydrogen-bond acceptors (Lipinski definition) is 5. The minimum absolute atomic E-state index is 0.00580. The summed E-state index contributed by atoms with van der Waals surface area (Å²) in [6, 6.07) is 8.85. The van der Waals surface area contributed by atoms with Crippen LogP contribution in [0.4, 0.5) is 35.1 Å². The van der Waals surface area contributed by atoms with E-state index < -0.39 is 44.0 Å². The lowest BCUT2D eigenvalue weighted by atomic mass is 9.75. The van der Waals surface area contributed by atoms with Crippen molar-refractivity contribution in [1.29, 1.82) is 0 Å². The average Bonchev–Trinajstić information content (AvgIpc) is 2.92. The summed E-state index contributed by atoms with van der Waals surface area (Å²) >= 11 is 0. The molecular weight excluding hydrogens is 584 g/mol. The van der Waals surface area contributed by atoms with E-state index in [-0.39, 0.29) is 72.1 Å². The summed E-state index contributed by atoms with van der Waals surface area (Å²) in [5, 5.41) is 7.40. The van der Waals surface area contributed by atoms with Gasteiger partial charge in [0.15, 0.2) is 15.6 Å². The summed E-state index contributed by atoms with van der Waals surface area (Å²) in [5.74, 6) is -1.37. The Balaban J connectivity index is 1.72. The molecule has 5 nitrogen and oxygen atoms in total. The number of rotatable bonds is 7. The fourth-order valence-corrected chi connectivity index (χ4v) is 7.37. The first kappa shape index (κ1) is 30.5. The summed E-state index contributed by atoms with van der Waals surface area (Å²) < 4.78 is 134. The molecule has 1 aliphatic carbocycles. The quantitative estimate of drug-likeness (QED) is 0.164. The molecule has 2 aromatic carbocycles. The number of carbonyl (C=O) groups excluding carboxylic acids is 1. The molecule has 220 valence electrons. The van der Waals surface area contributed by atoms with Gasteiger partial charge in [0.25, 0.3) is 0 Å². The van der Waals surface area contributed by atoms with Gasteiger partial charge in [-0.1, -0.05) is 24.3 Å². The average molecular weight is 607 g/mol. The largest absolute Gasteiger partial charge is 0.435 e. The van der Waals surface area contributed by atoms with Crippen molar-refractivity contribution >= 4 is 15.6 Å². The smallest absolute Gasteiger partial charge is 0.292 e. The molecular formula is C27H22F8N2O3S. The van der Waals surface area contributed by atoms with Gasteiger partial charge >= 0.3 is 18.0 Å². The lowest BCUT2D eigenvalue weighted by Gasteiger charge is -2.40. The Labute approximate surface area is 229 Å². The molecule has 41 heavy (non-hydrogen) atoms. The number of halogens is 8. The van der Waals surface area contributed by atoms with Crippen LogP contribution in [0, 0.1) is 11.7 Å². The predicted octanol–water partition coefficient (Wildman–Crippen LogP) is 7.04. The molecule has 4 rings (SSSR count). The molecule has 0 bridgehead atoms. The molecule has 0 spiro atoms. The Hall–Kier alpha value is -3.42. The molecule has 1 aromatic heterocycles. The predicted molar refractivity (Wildman–Crippen MR) is 130 cm³/mol. The third-order valence-corrected chi connectivity index (χ3v) is 10.0. The Morgan fingerprint density at radius 3 is 1.90 bits per heavy atom. The van der Waals surface area contributed by atoms with Crippen LogP contribution < -0.4 is 0 Å². The van der Waals surface area contributed by atoms with Crippen molar-refractivity contribution in [2.75, 3.05) is 0 Å². The summed E-state index contributed by atoms with van der Waals surface area (Å²) in [6.07, 6.45) is -11.3. The highest BCUT2D eigenvalue weighted by Crippen LogP contribution is 2.54. The third-order valence-electron chi connectivity index (χ3n) is 7.47. The number of sulfone groups is 1. The number of benzene rings is 2. The maximum absolute atomic E-state index is 14.6. The molecule has 0 radical (unpaired) electrons. The number of aromatic nitrogens is 2. The Morgan fingerprint density at radius 1 is 0.854 bits per heavy atom. The van der Waals surface area contributed by atoms with Crippen LogP contribution in [0.25, 0.3) is 0 Å². The van der Waals surface area contributed by atoms with Gasteiger partial charge in [0, 0.05) is 18.2 Å². The minimum atomic E-state index is -6.33. The van der Waals surface area contributed by atoms with E-state index in [9.17, 15) is 48.3 Å². The van der Waals surface area contributed by atoms with Gasteiger partial charge in [-0.2, -0.15) is 31.4 Å². The van der Waals surface area contributed by atoms with Crippen molar-refractivity contribution in [3.8, 4) is 0 Å². The van der Waals surface area contributed by atoms with Crippen molar-refractivity contribution in [2.45, 2.75) is 59.8 Å². The second kappa shape index (κ2) is 10.8. The molecule has 1 aliphatic rings. The highest BCUT2D eigenvalue weighted by Gasteiger charge is 2.73. The standard InChI is InChI=1S/C27H22F8N2O3S/c28-20-7-9-21(10-8-20)41(39,40)24(13-11-17(12-14-24)16-23(38)22-2-1-15-36-37-22)18-3-5-19(6-4-18)25(29,26(30,31)32)27(33,34)35/h1-10,15,17H,11-14,16H2. The summed E-state index contributed by atoms with van der Waals surface area (Å²) in [6.45, 7) is 0. The van der Waals surface area contributed by atoms with Gasteiger partial charge in [-0.05, 0) is 73.6 Å². The highest BCUT2D eigenvalue weighted by atomic mass is 32.2. The van der Waals surface area contributed by atoms with Crippen LogP contribution >= 0.6 is 0 Å². The van der Waals surface area contributed by atoms with Gasteiger partial charge in [-0.25, -0.2) is 17.2 Å². The number of nitrogens with zero attached hydrogens (tertiary/aromatic N) is 2. The molecule has 0 aliphatic heterocycles. The Kier molecular flexibility index (Phi) is 8.02. The SMILES string of the molecule is O=C(CC1CCC(c2ccc(C(F)(C(F)(F)F)C(F)(F)F)cc2)(S(=O)(=O)c2ccc(F)cc2)CC1)c1cccnn1. The number of Topliss-reactive ketones (excluding diaryl/α,β-unsaturated/α-hetero) is 1. The van der Waals surface area contributed by atoms with Crippen LogP contribution in [-0.4, -0.2) is 36.8 Å². The van der Waals surface area contributed by atoms with E-state index in [0.29, 0.717) is 0 Å². The fraction of sp³-hybridized carbons (Fsp3) is 0.370. The van der Waals surface area contributed by atoms with Gasteiger partial charge < -0.3 is 0 Å². The molecule has 0 saturated heterocycles. The first-order valence-electron chi connectivity index (χ1n) is 12.3. The van der Waals surface area contributed by atoms with E-state index in [1.807, 2.05) is 0 Å². The number of carbonyl (C=O) groups is 1. The van der Waals surface area contributed by atoms with E-state index >= 15 is 0 Å². The van der Waals surface area contributed by atoms with E-state index in [1.165, 1.54) is 18.3 Å². The number of ketones is 1. The molecule has 1 heterocycles. The zero-order valence-corrected chi connectivity index (χ0v) is 21.8. The molecule has 0 N–H and O–H groups in total. The molecule has 0 atom stereocenters. The van der Waals surface area contributed by atoms with Crippen molar-refractivity contribution in [3.05, 3.63) is 89.5 Å². The minimum Gasteiger partial charge on any atom is -0.292 e. The Bertz CT molecular complexity index is 1470. The molecule has 1 fully saturated rings. The van der Waals surface area contributed by atoms with Crippen LogP contribution in [0.2, 0.25) is 0 Å². The van der Waals surface area contributed by atoms with Crippen molar-refractivity contribution < 1.29 is 48.3 Å². The topological polar surface area (TPSA) is 77.0 Å². The fourth-order valence-electron chi connectivity index (χ4n) is 5.21. The number of hydrogen-bond donors (Lipinski definition) is 0.